The van der Waals surface area contributed by atoms with Gasteiger partial charge in [-0.25, -0.2) is 0 Å². The molecule has 0 bridgehead atoms. The second-order valence-electron chi connectivity index (χ2n) is 7.82. The zero-order chi connectivity index (χ0) is 20.2. The van der Waals surface area contributed by atoms with Gasteiger partial charge in [0.2, 0.25) is 0 Å². The van der Waals surface area contributed by atoms with E-state index in [1.54, 1.807) is 0 Å². The van der Waals surface area contributed by atoms with Crippen molar-refractivity contribution in [2.75, 3.05) is 0 Å². The van der Waals surface area contributed by atoms with Gasteiger partial charge < -0.3 is 0 Å². The first kappa shape index (κ1) is 21.7. The van der Waals surface area contributed by atoms with Crippen LogP contribution in [0.15, 0.2) is 91.0 Å². The zero-order valence-corrected chi connectivity index (χ0v) is 18.7. The summed E-state index contributed by atoms with van der Waals surface area (Å²) in [7, 11) is 0. The van der Waals surface area contributed by atoms with E-state index in [-0.39, 0.29) is 0 Å². The third-order valence-corrected chi connectivity index (χ3v) is 9.84. The molecule has 0 aliphatic carbocycles. The second kappa shape index (κ2) is 11.8. The third kappa shape index (κ3) is 5.74. The summed E-state index contributed by atoms with van der Waals surface area (Å²) in [6, 6.07) is 33.5. The minimum absolute atomic E-state index is 1.18. The molecule has 3 rings (SSSR count). The zero-order valence-electron chi connectivity index (χ0n) is 17.8. The molecule has 0 saturated heterocycles. The molecule has 0 aliphatic heterocycles. The van der Waals surface area contributed by atoms with Gasteiger partial charge in [-0.2, -0.15) is 0 Å². The van der Waals surface area contributed by atoms with Crippen molar-refractivity contribution in [3.63, 3.8) is 0 Å². The Hall–Kier alpha value is -2.04. The highest BCUT2D eigenvalue weighted by atomic mass is 31.2. The van der Waals surface area contributed by atoms with Crippen LogP contribution in [0.4, 0.5) is 0 Å². The molecule has 0 N–H and O–H groups in total. The summed E-state index contributed by atoms with van der Waals surface area (Å²) < 4.78 is 0. The molecule has 1 heteroatoms. The standard InChI is InChI=1S/C28H35P/c1-2-3-4-5-6-7-8-18-25-29(26-19-12-9-13-20-26,27-21-14-10-15-22-27)28-23-16-11-17-24-28/h9-17,19-25H,2-8,18H2,1H3. The topological polar surface area (TPSA) is 0 Å². The molecule has 0 aromatic heterocycles. The normalized spacial score (nSPS) is 11.3. The van der Waals surface area contributed by atoms with Gasteiger partial charge in [-0.05, 0) is 35.6 Å². The summed E-state index contributed by atoms with van der Waals surface area (Å²) >= 11 is 0. The summed E-state index contributed by atoms with van der Waals surface area (Å²) in [4.78, 5) is 0. The molecule has 3 aromatic rings. The third-order valence-electron chi connectivity index (χ3n) is 5.70. The average molecular weight is 403 g/mol. The van der Waals surface area contributed by atoms with Crippen molar-refractivity contribution in [2.24, 2.45) is 0 Å². The van der Waals surface area contributed by atoms with Crippen LogP contribution in [0.2, 0.25) is 0 Å². The molecular weight excluding hydrogens is 367 g/mol. The van der Waals surface area contributed by atoms with E-state index in [0.717, 1.165) is 0 Å². The number of unbranched alkanes of at least 4 members (excludes halogenated alkanes) is 7. The summed E-state index contributed by atoms with van der Waals surface area (Å²) in [5.74, 6) is 2.68. The van der Waals surface area contributed by atoms with E-state index in [1.165, 1.54) is 67.3 Å². The Morgan fingerprint density at radius 3 is 1.31 bits per heavy atom. The Kier molecular flexibility index (Phi) is 8.84. The van der Waals surface area contributed by atoms with Gasteiger partial charge in [0.15, 0.2) is 0 Å². The molecule has 0 saturated carbocycles. The lowest BCUT2D eigenvalue weighted by atomic mass is 10.1. The van der Waals surface area contributed by atoms with Gasteiger partial charge in [0.1, 0.15) is 0 Å². The van der Waals surface area contributed by atoms with Crippen molar-refractivity contribution >= 4 is 28.6 Å². The van der Waals surface area contributed by atoms with Gasteiger partial charge in [-0.15, -0.1) is 0 Å². The molecule has 0 fully saturated rings. The highest BCUT2D eigenvalue weighted by Crippen LogP contribution is 2.44. The molecule has 0 nitrogen and oxygen atoms in total. The van der Waals surface area contributed by atoms with Crippen LogP contribution in [0.3, 0.4) is 0 Å². The molecule has 0 heterocycles. The minimum atomic E-state index is -1.74. The summed E-state index contributed by atoms with van der Waals surface area (Å²) in [5.41, 5.74) is 0. The van der Waals surface area contributed by atoms with Gasteiger partial charge in [0.05, 0.1) is 0 Å². The molecule has 0 atom stereocenters. The van der Waals surface area contributed by atoms with Crippen LogP contribution in [0.25, 0.3) is 0 Å². The van der Waals surface area contributed by atoms with Crippen molar-refractivity contribution in [2.45, 2.75) is 58.3 Å². The van der Waals surface area contributed by atoms with Gasteiger partial charge in [0.25, 0.3) is 0 Å². The maximum Gasteiger partial charge on any atom is -0.0163 e. The van der Waals surface area contributed by atoms with Crippen LogP contribution in [-0.4, -0.2) is 5.80 Å². The average Bonchev–Trinajstić information content (AvgIpc) is 2.80. The van der Waals surface area contributed by atoms with Crippen LogP contribution in [0.5, 0.6) is 0 Å². The monoisotopic (exact) mass is 402 g/mol. The summed E-state index contributed by atoms with van der Waals surface area (Å²) in [5, 5.41) is 4.38. The number of hydrogen-bond donors (Lipinski definition) is 0. The molecule has 3 aromatic carbocycles. The highest BCUT2D eigenvalue weighted by molar-refractivity contribution is 7.94. The van der Waals surface area contributed by atoms with Crippen molar-refractivity contribution < 1.29 is 0 Å². The predicted molar refractivity (Wildman–Crippen MR) is 134 cm³/mol. The Morgan fingerprint density at radius 1 is 0.517 bits per heavy atom. The van der Waals surface area contributed by atoms with Crippen molar-refractivity contribution in [3.8, 4) is 0 Å². The van der Waals surface area contributed by atoms with Crippen molar-refractivity contribution in [3.05, 3.63) is 91.0 Å². The molecular formula is C28H35P. The molecule has 0 spiro atoms. The van der Waals surface area contributed by atoms with E-state index in [0.29, 0.717) is 0 Å². The van der Waals surface area contributed by atoms with E-state index in [9.17, 15) is 0 Å². The lowest BCUT2D eigenvalue weighted by Crippen LogP contribution is -2.26. The smallest absolute Gasteiger partial charge is 0.0163 e. The Labute approximate surface area is 178 Å². The second-order valence-corrected chi connectivity index (χ2v) is 11.2. The fourth-order valence-electron chi connectivity index (χ4n) is 4.14. The van der Waals surface area contributed by atoms with Gasteiger partial charge in [-0.1, -0.05) is 142 Å². The van der Waals surface area contributed by atoms with E-state index in [1.807, 2.05) is 0 Å². The van der Waals surface area contributed by atoms with E-state index in [2.05, 4.69) is 104 Å². The van der Waals surface area contributed by atoms with Crippen molar-refractivity contribution in [1.29, 1.82) is 0 Å². The maximum absolute atomic E-state index is 2.68. The minimum Gasteiger partial charge on any atom is -0.0742 e. The van der Waals surface area contributed by atoms with Gasteiger partial charge in [0, 0.05) is 0 Å². The van der Waals surface area contributed by atoms with Gasteiger partial charge >= 0.3 is 0 Å². The van der Waals surface area contributed by atoms with E-state index in [4.69, 9.17) is 0 Å². The maximum atomic E-state index is 2.68. The van der Waals surface area contributed by atoms with E-state index < -0.39 is 6.89 Å². The van der Waals surface area contributed by atoms with E-state index >= 15 is 0 Å². The van der Waals surface area contributed by atoms with Crippen LogP contribution in [0.1, 0.15) is 58.3 Å². The highest BCUT2D eigenvalue weighted by Gasteiger charge is 2.24. The number of rotatable bonds is 11. The molecule has 29 heavy (non-hydrogen) atoms. The first-order valence-corrected chi connectivity index (χ1v) is 13.1. The quantitative estimate of drug-likeness (QED) is 0.241. The van der Waals surface area contributed by atoms with Crippen LogP contribution in [-0.2, 0) is 0 Å². The fourth-order valence-corrected chi connectivity index (χ4v) is 8.16. The molecule has 0 unspecified atom stereocenters. The van der Waals surface area contributed by atoms with Gasteiger partial charge in [-0.3, -0.25) is 0 Å². The Morgan fingerprint density at radius 2 is 0.897 bits per heavy atom. The summed E-state index contributed by atoms with van der Waals surface area (Å²) in [6.45, 7) is 0.542. The fraction of sp³-hybridized carbons (Fsp3) is 0.321. The summed E-state index contributed by atoms with van der Waals surface area (Å²) in [6.07, 6.45) is 10.7. The lowest BCUT2D eigenvalue weighted by molar-refractivity contribution is 0.596. The molecule has 0 radical (unpaired) electrons. The molecule has 152 valence electrons. The SMILES string of the molecule is CCCCCCCCCC=P(c1ccccc1)(c1ccccc1)c1ccccc1. The first-order valence-electron chi connectivity index (χ1n) is 11.3. The Balaban J connectivity index is 1.93. The predicted octanol–water partition coefficient (Wildman–Crippen LogP) is 6.92. The van der Waals surface area contributed by atoms with Crippen molar-refractivity contribution in [1.82, 2.24) is 0 Å². The lowest BCUT2D eigenvalue weighted by Gasteiger charge is -2.29. The molecule has 0 amide bonds. The molecule has 0 aliphatic rings. The number of benzene rings is 3. The van der Waals surface area contributed by atoms with Crippen LogP contribution >= 0.6 is 6.89 Å². The van der Waals surface area contributed by atoms with Crippen LogP contribution < -0.4 is 15.9 Å². The Bertz CT molecular complexity index is 763. The van der Waals surface area contributed by atoms with Crippen LogP contribution in [0, 0.1) is 0 Å². The largest absolute Gasteiger partial charge is 0.0742 e. The number of hydrogen-bond acceptors (Lipinski definition) is 0. The first-order chi connectivity index (χ1) is 14.4.